The average Bonchev–Trinajstić information content (AvgIpc) is 3.36. The van der Waals surface area contributed by atoms with E-state index in [2.05, 4.69) is 64.6 Å². The first-order chi connectivity index (χ1) is 17.1. The standard InChI is InChI=1S/C28H24FN5O/c1-19-6-8-20(9-7-19)23-16-22(27-30-14-15-34(27)18-23)17-31-24-12-10-21(11-13-24)28(35)33-32-26-5-3-2-4-25(26)29/h2-16,18,31-32H,17H2,1H3,(H,33,35). The Bertz CT molecular complexity index is 1480. The fraction of sp³-hybridized carbons (Fsp3) is 0.0714. The molecular formula is C28H24FN5O. The van der Waals surface area contributed by atoms with Crippen molar-refractivity contribution in [3.05, 3.63) is 120 Å². The molecule has 3 N–H and O–H groups in total. The van der Waals surface area contributed by atoms with Crippen molar-refractivity contribution >= 4 is 22.9 Å². The summed E-state index contributed by atoms with van der Waals surface area (Å²) in [6, 6.07) is 23.9. The Morgan fingerprint density at radius 2 is 1.74 bits per heavy atom. The fourth-order valence-corrected chi connectivity index (χ4v) is 3.83. The van der Waals surface area contributed by atoms with Gasteiger partial charge in [0.2, 0.25) is 0 Å². The van der Waals surface area contributed by atoms with E-state index in [1.54, 1.807) is 36.5 Å². The van der Waals surface area contributed by atoms with Gasteiger partial charge in [0.05, 0.1) is 5.69 Å². The maximum Gasteiger partial charge on any atom is 0.269 e. The second kappa shape index (κ2) is 9.69. The SMILES string of the molecule is Cc1ccc(-c2cc(CNc3ccc(C(=O)NNc4ccccc4F)cc3)c3nccn3c2)cc1. The Balaban J connectivity index is 1.27. The van der Waals surface area contributed by atoms with Crippen molar-refractivity contribution in [1.82, 2.24) is 14.8 Å². The number of anilines is 2. The van der Waals surface area contributed by atoms with Crippen LogP contribution in [0.15, 0.2) is 97.5 Å². The van der Waals surface area contributed by atoms with E-state index < -0.39 is 5.82 Å². The summed E-state index contributed by atoms with van der Waals surface area (Å²) in [7, 11) is 0. The number of carbonyl (C=O) groups is 1. The molecule has 0 fully saturated rings. The van der Waals surface area contributed by atoms with Gasteiger partial charge in [-0.2, -0.15) is 0 Å². The number of para-hydroxylation sites is 1. The first-order valence-corrected chi connectivity index (χ1v) is 11.2. The minimum Gasteiger partial charge on any atom is -0.381 e. The number of amides is 1. The number of rotatable bonds is 7. The molecule has 6 nitrogen and oxygen atoms in total. The average molecular weight is 466 g/mol. The van der Waals surface area contributed by atoms with E-state index in [0.29, 0.717) is 12.1 Å². The molecule has 1 amide bonds. The summed E-state index contributed by atoms with van der Waals surface area (Å²) in [4.78, 5) is 16.9. The van der Waals surface area contributed by atoms with Crippen molar-refractivity contribution in [3.8, 4) is 11.1 Å². The van der Waals surface area contributed by atoms with Crippen molar-refractivity contribution in [3.63, 3.8) is 0 Å². The summed E-state index contributed by atoms with van der Waals surface area (Å²) in [6.45, 7) is 2.65. The fourth-order valence-electron chi connectivity index (χ4n) is 3.83. The third-order valence-corrected chi connectivity index (χ3v) is 5.76. The van der Waals surface area contributed by atoms with Crippen LogP contribution >= 0.6 is 0 Å². The highest BCUT2D eigenvalue weighted by atomic mass is 19.1. The number of aryl methyl sites for hydroxylation is 1. The van der Waals surface area contributed by atoms with E-state index in [1.807, 2.05) is 22.7 Å². The van der Waals surface area contributed by atoms with Gasteiger partial charge in [-0.15, -0.1) is 0 Å². The van der Waals surface area contributed by atoms with Crippen LogP contribution in [-0.2, 0) is 6.54 Å². The predicted octanol–water partition coefficient (Wildman–Crippen LogP) is 5.82. The molecule has 0 radical (unpaired) electrons. The van der Waals surface area contributed by atoms with Crippen LogP contribution in [0.2, 0.25) is 0 Å². The van der Waals surface area contributed by atoms with E-state index in [0.717, 1.165) is 28.0 Å². The highest BCUT2D eigenvalue weighted by molar-refractivity contribution is 5.95. The van der Waals surface area contributed by atoms with Gasteiger partial charge in [-0.1, -0.05) is 42.0 Å². The van der Waals surface area contributed by atoms with Gasteiger partial charge < -0.3 is 9.72 Å². The molecule has 0 unspecified atom stereocenters. The number of imidazole rings is 1. The molecule has 0 spiro atoms. The van der Waals surface area contributed by atoms with Crippen LogP contribution in [0.5, 0.6) is 0 Å². The van der Waals surface area contributed by atoms with Gasteiger partial charge in [-0.25, -0.2) is 9.37 Å². The molecule has 0 aliphatic carbocycles. The lowest BCUT2D eigenvalue weighted by atomic mass is 10.0. The molecular weight excluding hydrogens is 441 g/mol. The minimum absolute atomic E-state index is 0.206. The molecule has 0 bridgehead atoms. The van der Waals surface area contributed by atoms with E-state index in [1.165, 1.54) is 11.6 Å². The second-order valence-corrected chi connectivity index (χ2v) is 8.27. The molecule has 7 heteroatoms. The van der Waals surface area contributed by atoms with Crippen LogP contribution in [0, 0.1) is 12.7 Å². The Hall–Kier alpha value is -4.65. The Morgan fingerprint density at radius 1 is 0.971 bits per heavy atom. The summed E-state index contributed by atoms with van der Waals surface area (Å²) in [5.41, 5.74) is 12.1. The smallest absolute Gasteiger partial charge is 0.269 e. The number of aromatic nitrogens is 2. The van der Waals surface area contributed by atoms with Crippen molar-refractivity contribution < 1.29 is 9.18 Å². The molecule has 2 aromatic heterocycles. The number of benzene rings is 3. The lowest BCUT2D eigenvalue weighted by Crippen LogP contribution is -2.29. The quantitative estimate of drug-likeness (QED) is 0.265. The van der Waals surface area contributed by atoms with Crippen LogP contribution in [0.1, 0.15) is 21.5 Å². The zero-order chi connectivity index (χ0) is 24.2. The molecule has 5 aromatic rings. The lowest BCUT2D eigenvalue weighted by Gasteiger charge is -2.12. The van der Waals surface area contributed by atoms with Gasteiger partial charge in [-0.05, 0) is 60.5 Å². The molecule has 0 aliphatic rings. The highest BCUT2D eigenvalue weighted by Gasteiger charge is 2.09. The van der Waals surface area contributed by atoms with Crippen LogP contribution in [0.3, 0.4) is 0 Å². The molecule has 0 atom stereocenters. The van der Waals surface area contributed by atoms with Gasteiger partial charge in [-0.3, -0.25) is 15.6 Å². The van der Waals surface area contributed by atoms with E-state index >= 15 is 0 Å². The summed E-state index contributed by atoms with van der Waals surface area (Å²) in [5.74, 6) is -0.796. The zero-order valence-corrected chi connectivity index (χ0v) is 19.1. The lowest BCUT2D eigenvalue weighted by molar-refractivity contribution is 0.0962. The van der Waals surface area contributed by atoms with Crippen LogP contribution < -0.4 is 16.2 Å². The van der Waals surface area contributed by atoms with Gasteiger partial charge in [0.25, 0.3) is 5.91 Å². The monoisotopic (exact) mass is 465 g/mol. The van der Waals surface area contributed by atoms with Gasteiger partial charge >= 0.3 is 0 Å². The summed E-state index contributed by atoms with van der Waals surface area (Å²) < 4.78 is 15.7. The van der Waals surface area contributed by atoms with Crippen molar-refractivity contribution in [2.75, 3.05) is 10.7 Å². The van der Waals surface area contributed by atoms with Gasteiger partial charge in [0, 0.05) is 41.9 Å². The first kappa shape index (κ1) is 22.2. The minimum atomic E-state index is -0.439. The summed E-state index contributed by atoms with van der Waals surface area (Å²) in [5, 5.41) is 3.41. The molecule has 0 saturated heterocycles. The molecule has 5 rings (SSSR count). The second-order valence-electron chi connectivity index (χ2n) is 8.27. The van der Waals surface area contributed by atoms with Crippen LogP contribution in [0.4, 0.5) is 15.8 Å². The Kier molecular flexibility index (Phi) is 6.13. The largest absolute Gasteiger partial charge is 0.381 e. The van der Waals surface area contributed by atoms with Crippen molar-refractivity contribution in [1.29, 1.82) is 0 Å². The molecule has 3 aromatic carbocycles. The molecule has 35 heavy (non-hydrogen) atoms. The number of hydrogen-bond acceptors (Lipinski definition) is 4. The number of carbonyl (C=O) groups excluding carboxylic acids is 1. The summed E-state index contributed by atoms with van der Waals surface area (Å²) >= 11 is 0. The van der Waals surface area contributed by atoms with Gasteiger partial charge in [0.1, 0.15) is 11.5 Å². The molecule has 2 heterocycles. The number of pyridine rings is 1. The first-order valence-electron chi connectivity index (χ1n) is 11.2. The number of halogens is 1. The van der Waals surface area contributed by atoms with E-state index in [9.17, 15) is 9.18 Å². The number of nitrogens with zero attached hydrogens (tertiary/aromatic N) is 2. The molecule has 0 aliphatic heterocycles. The zero-order valence-electron chi connectivity index (χ0n) is 19.1. The van der Waals surface area contributed by atoms with Crippen molar-refractivity contribution in [2.45, 2.75) is 13.5 Å². The molecule has 0 saturated carbocycles. The predicted molar refractivity (Wildman–Crippen MR) is 137 cm³/mol. The number of hydrogen-bond donors (Lipinski definition) is 3. The number of hydrazine groups is 1. The van der Waals surface area contributed by atoms with Crippen LogP contribution in [0.25, 0.3) is 16.8 Å². The topological polar surface area (TPSA) is 70.5 Å². The maximum absolute atomic E-state index is 13.7. The maximum atomic E-state index is 13.7. The Labute approximate surface area is 202 Å². The summed E-state index contributed by atoms with van der Waals surface area (Å²) in [6.07, 6.45) is 5.82. The van der Waals surface area contributed by atoms with Crippen LogP contribution in [-0.4, -0.2) is 15.3 Å². The highest BCUT2D eigenvalue weighted by Crippen LogP contribution is 2.24. The third-order valence-electron chi connectivity index (χ3n) is 5.76. The Morgan fingerprint density at radius 3 is 2.51 bits per heavy atom. The van der Waals surface area contributed by atoms with E-state index in [4.69, 9.17) is 0 Å². The van der Waals surface area contributed by atoms with E-state index in [-0.39, 0.29) is 11.6 Å². The third kappa shape index (κ3) is 4.99. The number of fused-ring (bicyclic) bond motifs is 1. The van der Waals surface area contributed by atoms with Crippen molar-refractivity contribution in [2.24, 2.45) is 0 Å². The number of nitrogens with one attached hydrogen (secondary N) is 3. The normalized spacial score (nSPS) is 10.8. The molecule has 174 valence electrons. The van der Waals surface area contributed by atoms with Gasteiger partial charge in [0.15, 0.2) is 0 Å².